The molecule has 0 bridgehead atoms. The fraction of sp³-hybridized carbons (Fsp3) is 0.273. The van der Waals surface area contributed by atoms with E-state index >= 15 is 0 Å². The van der Waals surface area contributed by atoms with Crippen LogP contribution in [0.25, 0.3) is 0 Å². The molecular weight excluding hydrogens is 224 g/mol. The Morgan fingerprint density at radius 1 is 1.38 bits per heavy atom. The molecule has 0 atom stereocenters. The van der Waals surface area contributed by atoms with E-state index < -0.39 is 0 Å². The van der Waals surface area contributed by atoms with E-state index in [2.05, 4.69) is 26.8 Å². The summed E-state index contributed by atoms with van der Waals surface area (Å²) in [6, 6.07) is 3.66. The molecule has 0 saturated heterocycles. The van der Waals surface area contributed by atoms with Crippen molar-refractivity contribution in [1.29, 1.82) is 0 Å². The molecule has 0 amide bonds. The summed E-state index contributed by atoms with van der Waals surface area (Å²) in [6.45, 7) is 3.70. The van der Waals surface area contributed by atoms with Crippen LogP contribution in [0.4, 0.5) is 5.69 Å². The summed E-state index contributed by atoms with van der Waals surface area (Å²) in [6.07, 6.45) is 5.49. The van der Waals surface area contributed by atoms with Gasteiger partial charge in [-0.1, -0.05) is 11.6 Å². The molecule has 16 heavy (non-hydrogen) atoms. The molecule has 2 rings (SSSR count). The second-order valence-corrected chi connectivity index (χ2v) is 3.74. The van der Waals surface area contributed by atoms with Crippen LogP contribution in [0.15, 0.2) is 30.7 Å². The van der Waals surface area contributed by atoms with Crippen LogP contribution in [0.2, 0.25) is 5.15 Å². The van der Waals surface area contributed by atoms with Crippen molar-refractivity contribution >= 4 is 17.3 Å². The fourth-order valence-corrected chi connectivity index (χ4v) is 1.57. The quantitative estimate of drug-likeness (QED) is 0.830. The van der Waals surface area contributed by atoms with Crippen molar-refractivity contribution in [3.8, 4) is 0 Å². The number of aryl methyl sites for hydroxylation is 1. The highest BCUT2D eigenvalue weighted by Crippen LogP contribution is 2.10. The number of aromatic nitrogens is 3. The highest BCUT2D eigenvalue weighted by atomic mass is 35.5. The van der Waals surface area contributed by atoms with Crippen LogP contribution in [0.5, 0.6) is 0 Å². The van der Waals surface area contributed by atoms with E-state index in [1.54, 1.807) is 18.5 Å². The fourth-order valence-electron chi connectivity index (χ4n) is 1.46. The van der Waals surface area contributed by atoms with Crippen molar-refractivity contribution < 1.29 is 0 Å². The molecule has 0 unspecified atom stereocenters. The van der Waals surface area contributed by atoms with Crippen LogP contribution in [0.3, 0.4) is 0 Å². The van der Waals surface area contributed by atoms with Crippen LogP contribution in [-0.4, -0.2) is 14.5 Å². The molecule has 0 saturated carbocycles. The van der Waals surface area contributed by atoms with Crippen molar-refractivity contribution in [2.75, 3.05) is 5.32 Å². The largest absolute Gasteiger partial charge is 0.377 e. The van der Waals surface area contributed by atoms with Crippen molar-refractivity contribution in [3.63, 3.8) is 0 Å². The molecule has 2 aromatic heterocycles. The average molecular weight is 237 g/mol. The lowest BCUT2D eigenvalue weighted by molar-refractivity contribution is 0.708. The van der Waals surface area contributed by atoms with E-state index in [-0.39, 0.29) is 0 Å². The maximum atomic E-state index is 5.70. The number of anilines is 1. The molecule has 5 heteroatoms. The number of hydrogen-bond donors (Lipinski definition) is 1. The molecule has 0 spiro atoms. The molecular formula is C11H13ClN4. The van der Waals surface area contributed by atoms with Crippen LogP contribution in [0.1, 0.15) is 12.7 Å². The number of nitrogens with zero attached hydrogens (tertiary/aromatic N) is 3. The van der Waals surface area contributed by atoms with Crippen LogP contribution in [0, 0.1) is 0 Å². The van der Waals surface area contributed by atoms with Gasteiger partial charge in [-0.15, -0.1) is 0 Å². The molecule has 0 aliphatic heterocycles. The second-order valence-electron chi connectivity index (χ2n) is 3.35. The number of halogens is 1. The lowest BCUT2D eigenvalue weighted by Crippen LogP contribution is -2.07. The molecule has 0 aromatic carbocycles. The summed E-state index contributed by atoms with van der Waals surface area (Å²) < 4.78 is 2.09. The summed E-state index contributed by atoms with van der Waals surface area (Å²) in [5.41, 5.74) is 0.940. The maximum Gasteiger partial charge on any atom is 0.129 e. The van der Waals surface area contributed by atoms with Gasteiger partial charge in [-0.25, -0.2) is 9.97 Å². The van der Waals surface area contributed by atoms with E-state index in [0.717, 1.165) is 18.1 Å². The van der Waals surface area contributed by atoms with E-state index in [4.69, 9.17) is 11.6 Å². The monoisotopic (exact) mass is 236 g/mol. The first-order chi connectivity index (χ1) is 7.79. The summed E-state index contributed by atoms with van der Waals surface area (Å²) in [4.78, 5) is 8.27. The third-order valence-electron chi connectivity index (χ3n) is 2.32. The number of pyridine rings is 1. The van der Waals surface area contributed by atoms with Crippen molar-refractivity contribution in [3.05, 3.63) is 41.7 Å². The van der Waals surface area contributed by atoms with Gasteiger partial charge in [-0.3, -0.25) is 0 Å². The van der Waals surface area contributed by atoms with Gasteiger partial charge >= 0.3 is 0 Å². The van der Waals surface area contributed by atoms with Gasteiger partial charge in [0.15, 0.2) is 0 Å². The minimum Gasteiger partial charge on any atom is -0.377 e. The molecule has 0 aliphatic rings. The lowest BCUT2D eigenvalue weighted by atomic mass is 10.4. The smallest absolute Gasteiger partial charge is 0.129 e. The van der Waals surface area contributed by atoms with Crippen molar-refractivity contribution in [2.24, 2.45) is 0 Å². The maximum absolute atomic E-state index is 5.70. The third kappa shape index (κ3) is 2.52. The Bertz CT molecular complexity index is 449. The predicted octanol–water partition coefficient (Wildman–Crippen LogP) is 2.56. The highest BCUT2D eigenvalue weighted by molar-refractivity contribution is 6.29. The number of rotatable bonds is 4. The standard InChI is InChI=1S/C11H13ClN4/c1-2-16-6-5-13-11(16)8-14-9-3-4-10(12)15-7-9/h3-7,14H,2,8H2,1H3. The van der Waals surface area contributed by atoms with Crippen LogP contribution in [-0.2, 0) is 13.1 Å². The molecule has 1 N–H and O–H groups in total. The SMILES string of the molecule is CCn1ccnc1CNc1ccc(Cl)nc1. The summed E-state index contributed by atoms with van der Waals surface area (Å²) >= 11 is 5.70. The molecule has 0 fully saturated rings. The first kappa shape index (κ1) is 11.0. The number of nitrogens with one attached hydrogen (secondary N) is 1. The Balaban J connectivity index is 1.99. The van der Waals surface area contributed by atoms with Gasteiger partial charge in [-0.2, -0.15) is 0 Å². The van der Waals surface area contributed by atoms with Gasteiger partial charge < -0.3 is 9.88 Å². The molecule has 2 heterocycles. The van der Waals surface area contributed by atoms with Gasteiger partial charge in [0.1, 0.15) is 11.0 Å². The Morgan fingerprint density at radius 2 is 2.25 bits per heavy atom. The number of hydrogen-bond acceptors (Lipinski definition) is 3. The van der Waals surface area contributed by atoms with Crippen molar-refractivity contribution in [1.82, 2.24) is 14.5 Å². The van der Waals surface area contributed by atoms with E-state index in [9.17, 15) is 0 Å². The summed E-state index contributed by atoms with van der Waals surface area (Å²) in [5, 5.41) is 3.75. The van der Waals surface area contributed by atoms with E-state index in [0.29, 0.717) is 11.7 Å². The Hall–Kier alpha value is -1.55. The number of imidazole rings is 1. The Kier molecular flexibility index (Phi) is 3.41. The van der Waals surface area contributed by atoms with Crippen LogP contribution >= 0.6 is 11.6 Å². The minimum absolute atomic E-state index is 0.501. The summed E-state index contributed by atoms with van der Waals surface area (Å²) in [5.74, 6) is 1.01. The lowest BCUT2D eigenvalue weighted by Gasteiger charge is -2.07. The zero-order valence-corrected chi connectivity index (χ0v) is 9.78. The molecule has 4 nitrogen and oxygen atoms in total. The van der Waals surface area contributed by atoms with Gasteiger partial charge in [0.25, 0.3) is 0 Å². The van der Waals surface area contributed by atoms with Crippen molar-refractivity contribution in [2.45, 2.75) is 20.0 Å². The first-order valence-corrected chi connectivity index (χ1v) is 5.53. The average Bonchev–Trinajstić information content (AvgIpc) is 2.76. The van der Waals surface area contributed by atoms with Gasteiger partial charge in [0.05, 0.1) is 18.4 Å². The zero-order chi connectivity index (χ0) is 11.4. The topological polar surface area (TPSA) is 42.7 Å². The minimum atomic E-state index is 0.501. The summed E-state index contributed by atoms with van der Waals surface area (Å²) in [7, 11) is 0. The highest BCUT2D eigenvalue weighted by Gasteiger charge is 2.00. The van der Waals surface area contributed by atoms with Gasteiger partial charge in [0, 0.05) is 18.9 Å². The molecule has 0 radical (unpaired) electrons. The first-order valence-electron chi connectivity index (χ1n) is 5.15. The zero-order valence-electron chi connectivity index (χ0n) is 9.02. The Morgan fingerprint density at radius 3 is 2.94 bits per heavy atom. The van der Waals surface area contributed by atoms with Gasteiger partial charge in [0.2, 0.25) is 0 Å². The van der Waals surface area contributed by atoms with Crippen LogP contribution < -0.4 is 5.32 Å². The molecule has 84 valence electrons. The molecule has 0 aliphatic carbocycles. The predicted molar refractivity (Wildman–Crippen MR) is 64.5 cm³/mol. The third-order valence-corrected chi connectivity index (χ3v) is 2.54. The van der Waals surface area contributed by atoms with Gasteiger partial charge in [-0.05, 0) is 19.1 Å². The second kappa shape index (κ2) is 4.99. The van der Waals surface area contributed by atoms with E-state index in [1.165, 1.54) is 0 Å². The normalized spacial score (nSPS) is 10.4. The van der Waals surface area contributed by atoms with E-state index in [1.807, 2.05) is 12.3 Å². The molecule has 2 aromatic rings. The Labute approximate surface area is 99.3 Å².